The molecule has 2 heteroatoms. The molecule has 3 N–H and O–H groups in total. The fourth-order valence-corrected chi connectivity index (χ4v) is 1.27. The van der Waals surface area contributed by atoms with Gasteiger partial charge in [-0.3, -0.25) is 0 Å². The van der Waals surface area contributed by atoms with Gasteiger partial charge < -0.3 is 11.1 Å². The molecule has 0 aliphatic carbocycles. The lowest BCUT2D eigenvalue weighted by Gasteiger charge is -2.22. The van der Waals surface area contributed by atoms with Gasteiger partial charge in [0.25, 0.3) is 0 Å². The van der Waals surface area contributed by atoms with Crippen molar-refractivity contribution in [1.29, 1.82) is 0 Å². The van der Waals surface area contributed by atoms with Crippen LogP contribution in [0.4, 0.5) is 0 Å². The van der Waals surface area contributed by atoms with E-state index in [2.05, 4.69) is 33.0 Å². The van der Waals surface area contributed by atoms with Crippen LogP contribution < -0.4 is 11.1 Å². The Labute approximate surface area is 89.6 Å². The van der Waals surface area contributed by atoms with Gasteiger partial charge in [0.2, 0.25) is 0 Å². The molecule has 0 saturated carbocycles. The third kappa shape index (κ3) is 8.52. The summed E-state index contributed by atoms with van der Waals surface area (Å²) in [5.74, 6) is 0. The van der Waals surface area contributed by atoms with Crippen LogP contribution in [0.5, 0.6) is 0 Å². The van der Waals surface area contributed by atoms with Gasteiger partial charge in [-0.25, -0.2) is 0 Å². The van der Waals surface area contributed by atoms with Crippen molar-refractivity contribution in [2.45, 2.75) is 59.4 Å². The number of hydrogen-bond donors (Lipinski definition) is 2. The molecule has 0 spiro atoms. The van der Waals surface area contributed by atoms with E-state index in [4.69, 9.17) is 5.73 Å². The first-order chi connectivity index (χ1) is 6.48. The molecule has 86 valence electrons. The Bertz CT molecular complexity index is 130. The Morgan fingerprint density at radius 3 is 2.43 bits per heavy atom. The summed E-state index contributed by atoms with van der Waals surface area (Å²) in [4.78, 5) is 0. The van der Waals surface area contributed by atoms with Gasteiger partial charge in [-0.1, -0.05) is 27.2 Å². The van der Waals surface area contributed by atoms with Crippen LogP contribution in [0.2, 0.25) is 0 Å². The van der Waals surface area contributed by atoms with Crippen molar-refractivity contribution >= 4 is 0 Å². The van der Waals surface area contributed by atoms with Crippen molar-refractivity contribution in [3.05, 3.63) is 0 Å². The highest BCUT2D eigenvalue weighted by atomic mass is 14.9. The summed E-state index contributed by atoms with van der Waals surface area (Å²) in [7, 11) is 0. The van der Waals surface area contributed by atoms with Gasteiger partial charge in [0, 0.05) is 12.6 Å². The minimum Gasteiger partial charge on any atom is -0.328 e. The second kappa shape index (κ2) is 7.24. The summed E-state index contributed by atoms with van der Waals surface area (Å²) < 4.78 is 0. The lowest BCUT2D eigenvalue weighted by atomic mass is 9.90. The van der Waals surface area contributed by atoms with Crippen LogP contribution in [0.3, 0.4) is 0 Å². The van der Waals surface area contributed by atoms with Crippen LogP contribution in [-0.4, -0.2) is 19.1 Å². The summed E-state index contributed by atoms with van der Waals surface area (Å²) >= 11 is 0. The maximum atomic E-state index is 5.68. The van der Waals surface area contributed by atoms with Gasteiger partial charge in [-0.05, 0) is 38.1 Å². The van der Waals surface area contributed by atoms with Crippen molar-refractivity contribution in [3.63, 3.8) is 0 Å². The van der Waals surface area contributed by atoms with Crippen LogP contribution in [0.15, 0.2) is 0 Å². The van der Waals surface area contributed by atoms with E-state index in [0.29, 0.717) is 11.5 Å². The lowest BCUT2D eigenvalue weighted by Crippen LogP contribution is -2.29. The van der Waals surface area contributed by atoms with Crippen LogP contribution in [0, 0.1) is 5.41 Å². The summed E-state index contributed by atoms with van der Waals surface area (Å²) in [5.41, 5.74) is 6.12. The summed E-state index contributed by atoms with van der Waals surface area (Å²) in [6.45, 7) is 11.2. The Kier molecular flexibility index (Phi) is 7.20. The molecule has 0 fully saturated rings. The fourth-order valence-electron chi connectivity index (χ4n) is 1.27. The highest BCUT2D eigenvalue weighted by Gasteiger charge is 2.13. The zero-order chi connectivity index (χ0) is 11.0. The fraction of sp³-hybridized carbons (Fsp3) is 1.00. The van der Waals surface area contributed by atoms with E-state index in [9.17, 15) is 0 Å². The van der Waals surface area contributed by atoms with Crippen LogP contribution >= 0.6 is 0 Å². The molecule has 0 rings (SSSR count). The second-order valence-electron chi connectivity index (χ2n) is 5.17. The Hall–Kier alpha value is -0.0800. The zero-order valence-corrected chi connectivity index (χ0v) is 10.4. The SMILES string of the molecule is CCC(C)(C)CNCCCCC(C)N. The van der Waals surface area contributed by atoms with Crippen LogP contribution in [0.25, 0.3) is 0 Å². The van der Waals surface area contributed by atoms with Gasteiger partial charge in [-0.2, -0.15) is 0 Å². The molecule has 0 heterocycles. The van der Waals surface area contributed by atoms with Crippen LogP contribution in [0.1, 0.15) is 53.4 Å². The van der Waals surface area contributed by atoms with E-state index in [1.165, 1.54) is 19.3 Å². The first-order valence-corrected chi connectivity index (χ1v) is 5.94. The van der Waals surface area contributed by atoms with Crippen molar-refractivity contribution in [2.75, 3.05) is 13.1 Å². The standard InChI is InChI=1S/C12H28N2/c1-5-12(3,4)10-14-9-7-6-8-11(2)13/h11,14H,5-10,13H2,1-4H3. The topological polar surface area (TPSA) is 38.0 Å². The summed E-state index contributed by atoms with van der Waals surface area (Å²) in [6, 6.07) is 0.363. The highest BCUT2D eigenvalue weighted by Crippen LogP contribution is 2.17. The maximum absolute atomic E-state index is 5.68. The van der Waals surface area contributed by atoms with E-state index in [-0.39, 0.29) is 0 Å². The molecular weight excluding hydrogens is 172 g/mol. The summed E-state index contributed by atoms with van der Waals surface area (Å²) in [6.07, 6.45) is 4.89. The highest BCUT2D eigenvalue weighted by molar-refractivity contribution is 4.69. The van der Waals surface area contributed by atoms with Gasteiger partial charge in [-0.15, -0.1) is 0 Å². The van der Waals surface area contributed by atoms with Crippen molar-refractivity contribution < 1.29 is 0 Å². The van der Waals surface area contributed by atoms with Crippen molar-refractivity contribution in [2.24, 2.45) is 11.1 Å². The summed E-state index contributed by atoms with van der Waals surface area (Å²) in [5, 5.41) is 3.51. The van der Waals surface area contributed by atoms with Crippen LogP contribution in [-0.2, 0) is 0 Å². The smallest absolute Gasteiger partial charge is 0.00104 e. The van der Waals surface area contributed by atoms with Crippen molar-refractivity contribution in [1.82, 2.24) is 5.32 Å². The van der Waals surface area contributed by atoms with Gasteiger partial charge in [0.1, 0.15) is 0 Å². The molecule has 1 atom stereocenters. The number of nitrogens with one attached hydrogen (secondary N) is 1. The molecule has 0 bridgehead atoms. The predicted octanol–water partition coefficient (Wildman–Crippen LogP) is 2.53. The molecule has 0 amide bonds. The Morgan fingerprint density at radius 1 is 1.29 bits per heavy atom. The minimum absolute atomic E-state index is 0.363. The largest absolute Gasteiger partial charge is 0.328 e. The zero-order valence-electron chi connectivity index (χ0n) is 10.4. The average molecular weight is 200 g/mol. The molecule has 14 heavy (non-hydrogen) atoms. The molecule has 0 aliphatic heterocycles. The van der Waals surface area contributed by atoms with E-state index in [1.807, 2.05) is 0 Å². The first-order valence-electron chi connectivity index (χ1n) is 5.94. The Balaban J connectivity index is 3.21. The Morgan fingerprint density at radius 2 is 1.93 bits per heavy atom. The van der Waals surface area contributed by atoms with Gasteiger partial charge in [0.05, 0.1) is 0 Å². The molecule has 0 aromatic carbocycles. The lowest BCUT2D eigenvalue weighted by molar-refractivity contribution is 0.327. The monoisotopic (exact) mass is 200 g/mol. The van der Waals surface area contributed by atoms with E-state index in [1.54, 1.807) is 0 Å². The second-order valence-corrected chi connectivity index (χ2v) is 5.17. The number of hydrogen-bond acceptors (Lipinski definition) is 2. The number of unbranched alkanes of at least 4 members (excludes halogenated alkanes) is 1. The van der Waals surface area contributed by atoms with E-state index >= 15 is 0 Å². The predicted molar refractivity (Wildman–Crippen MR) is 64.4 cm³/mol. The molecule has 2 nitrogen and oxygen atoms in total. The molecule has 0 saturated heterocycles. The molecular formula is C12H28N2. The molecule has 0 aromatic rings. The molecule has 1 unspecified atom stereocenters. The molecule has 0 aromatic heterocycles. The van der Waals surface area contributed by atoms with Gasteiger partial charge in [0.15, 0.2) is 0 Å². The van der Waals surface area contributed by atoms with E-state index < -0.39 is 0 Å². The molecule has 0 aliphatic rings. The number of nitrogens with two attached hydrogens (primary N) is 1. The first kappa shape index (κ1) is 13.9. The minimum atomic E-state index is 0.363. The van der Waals surface area contributed by atoms with E-state index in [0.717, 1.165) is 19.5 Å². The normalized spacial score (nSPS) is 14.4. The quantitative estimate of drug-likeness (QED) is 0.591. The third-order valence-electron chi connectivity index (χ3n) is 2.82. The van der Waals surface area contributed by atoms with Crippen molar-refractivity contribution in [3.8, 4) is 0 Å². The maximum Gasteiger partial charge on any atom is 0.00104 e. The molecule has 0 radical (unpaired) electrons. The van der Waals surface area contributed by atoms with Gasteiger partial charge >= 0.3 is 0 Å². The third-order valence-corrected chi connectivity index (χ3v) is 2.82. The average Bonchev–Trinajstić information content (AvgIpc) is 2.10. The number of rotatable bonds is 8.